The first kappa shape index (κ1) is 19.5. The predicted molar refractivity (Wildman–Crippen MR) is 96.9 cm³/mol. The molecule has 1 unspecified atom stereocenters. The number of rotatable bonds is 6. The molecule has 0 aliphatic carbocycles. The van der Waals surface area contributed by atoms with Crippen LogP contribution in [0.3, 0.4) is 0 Å². The van der Waals surface area contributed by atoms with Crippen molar-refractivity contribution in [2.45, 2.75) is 33.4 Å². The topological polar surface area (TPSA) is 105 Å². The van der Waals surface area contributed by atoms with E-state index in [1.165, 1.54) is 6.39 Å². The Labute approximate surface area is 153 Å². The Morgan fingerprint density at radius 1 is 1.38 bits per heavy atom. The van der Waals surface area contributed by atoms with Gasteiger partial charge in [-0.3, -0.25) is 4.90 Å². The smallest absolute Gasteiger partial charge is 0.404 e. The van der Waals surface area contributed by atoms with E-state index in [2.05, 4.69) is 11.1 Å². The molecule has 1 aromatic carbocycles. The van der Waals surface area contributed by atoms with Crippen LogP contribution in [0.5, 0.6) is 0 Å². The quantitative estimate of drug-likeness (QED) is 0.852. The third-order valence-corrected chi connectivity index (χ3v) is 4.04. The lowest BCUT2D eigenvalue weighted by atomic mass is 9.88. The fourth-order valence-electron chi connectivity index (χ4n) is 2.54. The van der Waals surface area contributed by atoms with Gasteiger partial charge >= 0.3 is 6.09 Å². The van der Waals surface area contributed by atoms with Crippen LogP contribution < -0.4 is 5.73 Å². The highest BCUT2D eigenvalue weighted by Crippen LogP contribution is 2.26. The van der Waals surface area contributed by atoms with Gasteiger partial charge < -0.3 is 14.9 Å². The number of carbonyl (C=O) groups excluding carboxylic acids is 1. The van der Waals surface area contributed by atoms with Gasteiger partial charge in [0.2, 0.25) is 0 Å². The number of hydrogen-bond donors (Lipinski definition) is 1. The third kappa shape index (κ3) is 5.07. The zero-order valence-electron chi connectivity index (χ0n) is 15.5. The largest absolute Gasteiger partial charge is 0.446 e. The Kier molecular flexibility index (Phi) is 6.01. The predicted octanol–water partition coefficient (Wildman–Crippen LogP) is 3.16. The number of likely N-dealkylation sites (N-methyl/N-ethyl adjacent to an activating group) is 1. The lowest BCUT2D eigenvalue weighted by molar-refractivity contribution is 0.0142. The molecule has 0 fully saturated rings. The molecule has 7 heteroatoms. The van der Waals surface area contributed by atoms with Crippen LogP contribution in [0.1, 0.15) is 32.1 Å². The van der Waals surface area contributed by atoms with E-state index >= 15 is 0 Å². The molecule has 0 saturated carbocycles. The van der Waals surface area contributed by atoms with Gasteiger partial charge in [-0.1, -0.05) is 32.9 Å². The summed E-state index contributed by atoms with van der Waals surface area (Å²) in [4.78, 5) is 17.5. The Morgan fingerprint density at radius 2 is 2.04 bits per heavy atom. The van der Waals surface area contributed by atoms with Crippen LogP contribution in [0.2, 0.25) is 0 Å². The molecule has 0 radical (unpaired) electrons. The number of nitriles is 1. The van der Waals surface area contributed by atoms with Crippen molar-refractivity contribution in [1.82, 2.24) is 9.88 Å². The van der Waals surface area contributed by atoms with Gasteiger partial charge in [0.1, 0.15) is 17.6 Å². The van der Waals surface area contributed by atoms with E-state index in [-0.39, 0.29) is 11.5 Å². The number of aromatic nitrogens is 1. The number of hydrogen-bond acceptors (Lipinski definition) is 6. The maximum atomic E-state index is 11.2. The van der Waals surface area contributed by atoms with Gasteiger partial charge in [0, 0.05) is 17.5 Å². The van der Waals surface area contributed by atoms with Gasteiger partial charge in [-0.15, -0.1) is 0 Å². The lowest BCUT2D eigenvalue weighted by Gasteiger charge is -2.32. The summed E-state index contributed by atoms with van der Waals surface area (Å²) in [5.41, 5.74) is 7.14. The highest BCUT2D eigenvalue weighted by molar-refractivity contribution is 5.65. The van der Waals surface area contributed by atoms with Crippen molar-refractivity contribution in [3.05, 3.63) is 42.0 Å². The zero-order valence-corrected chi connectivity index (χ0v) is 15.5. The molecule has 1 heterocycles. The van der Waals surface area contributed by atoms with Gasteiger partial charge in [-0.05, 0) is 19.2 Å². The molecule has 1 atom stereocenters. The standard InChI is InChI=1S/C19H24N4O3/c1-19(2,3)16(26-18(21)24)11-23(4)10-15-17(22-12-25-15)14-7-5-13(9-20)6-8-14/h5-8,12,16H,10-11H2,1-4H3,(H2,21,24). The van der Waals surface area contributed by atoms with Crippen LogP contribution >= 0.6 is 0 Å². The Balaban J connectivity index is 2.12. The highest BCUT2D eigenvalue weighted by atomic mass is 16.6. The molecule has 0 bridgehead atoms. The molecule has 26 heavy (non-hydrogen) atoms. The minimum atomic E-state index is -0.781. The molecule has 2 rings (SSSR count). The van der Waals surface area contributed by atoms with Crippen LogP contribution in [-0.4, -0.2) is 35.7 Å². The number of primary amides is 1. The Hall–Kier alpha value is -2.85. The van der Waals surface area contributed by atoms with Crippen LogP contribution in [0.25, 0.3) is 11.3 Å². The number of ether oxygens (including phenoxy) is 1. The van der Waals surface area contributed by atoms with Crippen LogP contribution in [-0.2, 0) is 11.3 Å². The normalized spacial score (nSPS) is 12.6. The van der Waals surface area contributed by atoms with Crippen molar-refractivity contribution in [1.29, 1.82) is 5.26 Å². The second-order valence-corrected chi connectivity index (χ2v) is 7.30. The molecule has 1 aromatic heterocycles. The Bertz CT molecular complexity index is 784. The molecule has 2 N–H and O–H groups in total. The van der Waals surface area contributed by atoms with Crippen LogP contribution in [0, 0.1) is 16.7 Å². The van der Waals surface area contributed by atoms with Crippen molar-refractivity contribution in [2.24, 2.45) is 11.1 Å². The molecule has 0 aliphatic rings. The molecule has 138 valence electrons. The first-order valence-corrected chi connectivity index (χ1v) is 8.28. The van der Waals surface area contributed by atoms with Crippen LogP contribution in [0.15, 0.2) is 35.1 Å². The van der Waals surface area contributed by atoms with Gasteiger partial charge in [-0.25, -0.2) is 9.78 Å². The van der Waals surface area contributed by atoms with Crippen molar-refractivity contribution >= 4 is 6.09 Å². The molecule has 0 aliphatic heterocycles. The number of carbonyl (C=O) groups is 1. The molecule has 0 saturated heterocycles. The van der Waals surface area contributed by atoms with Crippen molar-refractivity contribution in [2.75, 3.05) is 13.6 Å². The SMILES string of the molecule is CN(Cc1ocnc1-c1ccc(C#N)cc1)CC(OC(N)=O)C(C)(C)C. The molecule has 2 aromatic rings. The maximum Gasteiger partial charge on any atom is 0.404 e. The molecular formula is C19H24N4O3. The van der Waals surface area contributed by atoms with Crippen molar-refractivity contribution in [3.63, 3.8) is 0 Å². The van der Waals surface area contributed by atoms with E-state index in [1.807, 2.05) is 44.9 Å². The van der Waals surface area contributed by atoms with Crippen molar-refractivity contribution < 1.29 is 13.9 Å². The van der Waals surface area contributed by atoms with Crippen LogP contribution in [0.4, 0.5) is 4.79 Å². The van der Waals surface area contributed by atoms with Crippen molar-refractivity contribution in [3.8, 4) is 17.3 Å². The zero-order chi connectivity index (χ0) is 19.3. The molecule has 1 amide bonds. The first-order chi connectivity index (χ1) is 12.2. The fraction of sp³-hybridized carbons (Fsp3) is 0.421. The summed E-state index contributed by atoms with van der Waals surface area (Å²) >= 11 is 0. The van der Waals surface area contributed by atoms with E-state index in [4.69, 9.17) is 20.1 Å². The second kappa shape index (κ2) is 8.02. The number of nitrogens with zero attached hydrogens (tertiary/aromatic N) is 3. The number of benzene rings is 1. The fourth-order valence-corrected chi connectivity index (χ4v) is 2.54. The van der Waals surface area contributed by atoms with E-state index in [0.717, 1.165) is 11.3 Å². The first-order valence-electron chi connectivity index (χ1n) is 8.28. The number of amides is 1. The van der Waals surface area contributed by atoms with E-state index in [9.17, 15) is 4.79 Å². The number of oxazole rings is 1. The molecular weight excluding hydrogens is 332 g/mol. The van der Waals surface area contributed by atoms with E-state index in [0.29, 0.717) is 24.4 Å². The minimum absolute atomic E-state index is 0.249. The Morgan fingerprint density at radius 3 is 2.58 bits per heavy atom. The lowest BCUT2D eigenvalue weighted by Crippen LogP contribution is -2.42. The summed E-state index contributed by atoms with van der Waals surface area (Å²) in [5.74, 6) is 0.698. The summed E-state index contributed by atoms with van der Waals surface area (Å²) in [5, 5.41) is 8.91. The van der Waals surface area contributed by atoms with E-state index in [1.54, 1.807) is 12.1 Å². The molecule has 0 spiro atoms. The minimum Gasteiger partial charge on any atom is -0.446 e. The summed E-state index contributed by atoms with van der Waals surface area (Å²) in [7, 11) is 1.91. The summed E-state index contributed by atoms with van der Waals surface area (Å²) < 4.78 is 10.8. The summed E-state index contributed by atoms with van der Waals surface area (Å²) in [6.45, 7) is 6.96. The van der Waals surface area contributed by atoms with Gasteiger partial charge in [0.25, 0.3) is 0 Å². The monoisotopic (exact) mass is 356 g/mol. The number of nitrogens with two attached hydrogens (primary N) is 1. The third-order valence-electron chi connectivity index (χ3n) is 4.04. The summed E-state index contributed by atoms with van der Waals surface area (Å²) in [6.07, 6.45) is 0.264. The molecule has 7 nitrogen and oxygen atoms in total. The average Bonchev–Trinajstić information content (AvgIpc) is 3.01. The van der Waals surface area contributed by atoms with Gasteiger partial charge in [0.05, 0.1) is 18.2 Å². The second-order valence-electron chi connectivity index (χ2n) is 7.30. The maximum absolute atomic E-state index is 11.2. The van der Waals surface area contributed by atoms with Gasteiger partial charge in [-0.2, -0.15) is 5.26 Å². The van der Waals surface area contributed by atoms with E-state index < -0.39 is 6.09 Å². The highest BCUT2D eigenvalue weighted by Gasteiger charge is 2.29. The van der Waals surface area contributed by atoms with Gasteiger partial charge in [0.15, 0.2) is 6.39 Å². The summed E-state index contributed by atoms with van der Waals surface area (Å²) in [6, 6.07) is 9.26. The average molecular weight is 356 g/mol.